The SMILES string of the molecule is C#CCOc1ccccc1C=NNC(=O)COc1ccccc1[C@H]1NC(=S)NC(C)=C1C(=O)OCC. The van der Waals surface area contributed by atoms with Crippen molar-refractivity contribution < 1.29 is 23.8 Å². The lowest BCUT2D eigenvalue weighted by atomic mass is 9.95. The molecule has 1 aliphatic rings. The fraction of sp³-hybridized carbons (Fsp3) is 0.231. The third-order valence-electron chi connectivity index (χ3n) is 4.98. The van der Waals surface area contributed by atoms with Gasteiger partial charge < -0.3 is 24.8 Å². The van der Waals surface area contributed by atoms with Crippen LogP contribution >= 0.6 is 12.2 Å². The van der Waals surface area contributed by atoms with Gasteiger partial charge in [0.05, 0.1) is 24.4 Å². The van der Waals surface area contributed by atoms with E-state index in [1.165, 1.54) is 6.21 Å². The summed E-state index contributed by atoms with van der Waals surface area (Å²) in [6.45, 7) is 3.52. The summed E-state index contributed by atoms with van der Waals surface area (Å²) in [5, 5.41) is 10.4. The number of ether oxygens (including phenoxy) is 3. The molecule has 1 amide bonds. The van der Waals surface area contributed by atoms with E-state index in [4.69, 9.17) is 32.9 Å². The molecule has 0 radical (unpaired) electrons. The highest BCUT2D eigenvalue weighted by atomic mass is 32.1. The van der Waals surface area contributed by atoms with Crippen molar-refractivity contribution in [3.8, 4) is 23.8 Å². The molecule has 10 heteroatoms. The lowest BCUT2D eigenvalue weighted by molar-refractivity contribution is -0.139. The van der Waals surface area contributed by atoms with Gasteiger partial charge in [0.1, 0.15) is 18.1 Å². The lowest BCUT2D eigenvalue weighted by Gasteiger charge is -2.30. The number of carbonyl (C=O) groups is 2. The summed E-state index contributed by atoms with van der Waals surface area (Å²) in [5.74, 6) is 2.40. The molecule has 3 rings (SSSR count). The molecule has 1 atom stereocenters. The van der Waals surface area contributed by atoms with Gasteiger partial charge in [0.15, 0.2) is 11.7 Å². The molecule has 36 heavy (non-hydrogen) atoms. The molecular formula is C26H26N4O5S. The monoisotopic (exact) mass is 506 g/mol. The molecular weight excluding hydrogens is 480 g/mol. The molecule has 0 unspecified atom stereocenters. The quantitative estimate of drug-likeness (QED) is 0.148. The molecule has 0 aliphatic carbocycles. The third-order valence-corrected chi connectivity index (χ3v) is 5.20. The minimum Gasteiger partial charge on any atom is -0.483 e. The summed E-state index contributed by atoms with van der Waals surface area (Å²) in [6.07, 6.45) is 6.69. The number of hydrogen-bond donors (Lipinski definition) is 3. The van der Waals surface area contributed by atoms with Crippen LogP contribution in [0.2, 0.25) is 0 Å². The number of hydrogen-bond acceptors (Lipinski definition) is 7. The lowest BCUT2D eigenvalue weighted by Crippen LogP contribution is -2.45. The van der Waals surface area contributed by atoms with Crippen LogP contribution in [0.4, 0.5) is 0 Å². The minimum atomic E-state index is -0.616. The molecule has 1 heterocycles. The van der Waals surface area contributed by atoms with Gasteiger partial charge in [-0.2, -0.15) is 5.10 Å². The van der Waals surface area contributed by atoms with Crippen molar-refractivity contribution >= 4 is 35.4 Å². The van der Waals surface area contributed by atoms with Gasteiger partial charge in [-0.05, 0) is 44.3 Å². The largest absolute Gasteiger partial charge is 0.483 e. The maximum atomic E-state index is 12.7. The number of nitrogens with zero attached hydrogens (tertiary/aromatic N) is 1. The van der Waals surface area contributed by atoms with E-state index in [1.54, 1.807) is 56.3 Å². The molecule has 9 nitrogen and oxygen atoms in total. The number of thiocarbonyl (C=S) groups is 1. The van der Waals surface area contributed by atoms with Crippen LogP contribution in [0.25, 0.3) is 0 Å². The molecule has 0 fully saturated rings. The second-order valence-corrected chi connectivity index (χ2v) is 7.85. The molecule has 0 bridgehead atoms. The van der Waals surface area contributed by atoms with Crippen LogP contribution in [0.3, 0.4) is 0 Å². The summed E-state index contributed by atoms with van der Waals surface area (Å²) < 4.78 is 16.5. The zero-order chi connectivity index (χ0) is 25.9. The van der Waals surface area contributed by atoms with E-state index in [-0.39, 0.29) is 19.8 Å². The van der Waals surface area contributed by atoms with Crippen LogP contribution in [0, 0.1) is 12.3 Å². The fourth-order valence-corrected chi connectivity index (χ4v) is 3.72. The van der Waals surface area contributed by atoms with Crippen LogP contribution in [0.5, 0.6) is 11.5 Å². The predicted octanol–water partition coefficient (Wildman–Crippen LogP) is 2.58. The fourth-order valence-electron chi connectivity index (χ4n) is 3.44. The van der Waals surface area contributed by atoms with E-state index >= 15 is 0 Å². The number of benzene rings is 2. The van der Waals surface area contributed by atoms with Gasteiger partial charge >= 0.3 is 5.97 Å². The normalized spacial score (nSPS) is 14.9. The zero-order valence-electron chi connectivity index (χ0n) is 19.9. The van der Waals surface area contributed by atoms with Crippen molar-refractivity contribution in [1.29, 1.82) is 0 Å². The summed E-state index contributed by atoms with van der Waals surface area (Å²) in [5.41, 5.74) is 4.66. The Morgan fingerprint density at radius 2 is 1.89 bits per heavy atom. The molecule has 0 saturated carbocycles. The van der Waals surface area contributed by atoms with E-state index in [1.807, 2.05) is 6.07 Å². The number of allylic oxidation sites excluding steroid dienone is 1. The van der Waals surface area contributed by atoms with Gasteiger partial charge in [0.25, 0.3) is 5.91 Å². The molecule has 2 aromatic carbocycles. The molecule has 0 aromatic heterocycles. The van der Waals surface area contributed by atoms with E-state index in [0.29, 0.717) is 39.0 Å². The molecule has 1 aliphatic heterocycles. The number of amides is 1. The van der Waals surface area contributed by atoms with Crippen molar-refractivity contribution in [3.05, 3.63) is 70.9 Å². The first-order chi connectivity index (χ1) is 17.4. The van der Waals surface area contributed by atoms with Gasteiger partial charge in [-0.25, -0.2) is 10.2 Å². The van der Waals surface area contributed by atoms with Crippen molar-refractivity contribution in [2.24, 2.45) is 5.10 Å². The number of nitrogens with one attached hydrogen (secondary N) is 3. The van der Waals surface area contributed by atoms with Crippen LogP contribution in [-0.2, 0) is 14.3 Å². The van der Waals surface area contributed by atoms with E-state index < -0.39 is 17.9 Å². The summed E-state index contributed by atoms with van der Waals surface area (Å²) in [6, 6.07) is 13.6. The number of hydrazone groups is 1. The second-order valence-electron chi connectivity index (χ2n) is 7.44. The molecule has 0 spiro atoms. The minimum absolute atomic E-state index is 0.119. The van der Waals surface area contributed by atoms with Gasteiger partial charge in [-0.1, -0.05) is 36.3 Å². The number of carbonyl (C=O) groups excluding carboxylic acids is 2. The third kappa shape index (κ3) is 6.84. The Morgan fingerprint density at radius 1 is 1.17 bits per heavy atom. The van der Waals surface area contributed by atoms with Gasteiger partial charge in [-0.3, -0.25) is 4.79 Å². The second kappa shape index (κ2) is 12.9. The Bertz CT molecular complexity index is 1230. The Balaban J connectivity index is 1.70. The van der Waals surface area contributed by atoms with Crippen LogP contribution in [0.1, 0.15) is 31.0 Å². The van der Waals surface area contributed by atoms with E-state index in [2.05, 4.69) is 27.1 Å². The first-order valence-corrected chi connectivity index (χ1v) is 11.5. The Morgan fingerprint density at radius 3 is 2.64 bits per heavy atom. The van der Waals surface area contributed by atoms with Gasteiger partial charge in [0, 0.05) is 16.8 Å². The smallest absolute Gasteiger partial charge is 0.338 e. The Labute approximate surface area is 214 Å². The van der Waals surface area contributed by atoms with Gasteiger partial charge in [0.2, 0.25) is 0 Å². The average Bonchev–Trinajstić information content (AvgIpc) is 2.86. The first kappa shape index (κ1) is 26.2. The predicted molar refractivity (Wildman–Crippen MR) is 139 cm³/mol. The summed E-state index contributed by atoms with van der Waals surface area (Å²) in [7, 11) is 0. The van der Waals surface area contributed by atoms with Crippen molar-refractivity contribution in [1.82, 2.24) is 16.1 Å². The highest BCUT2D eigenvalue weighted by molar-refractivity contribution is 7.80. The van der Waals surface area contributed by atoms with Crippen molar-refractivity contribution in [2.75, 3.05) is 19.8 Å². The molecule has 2 aromatic rings. The summed E-state index contributed by atoms with van der Waals surface area (Å²) >= 11 is 5.29. The van der Waals surface area contributed by atoms with Crippen LogP contribution in [-0.4, -0.2) is 43.0 Å². The number of terminal acetylenes is 1. The van der Waals surface area contributed by atoms with Crippen molar-refractivity contribution in [3.63, 3.8) is 0 Å². The first-order valence-electron chi connectivity index (χ1n) is 11.1. The topological polar surface area (TPSA) is 110 Å². The Kier molecular flexibility index (Phi) is 9.42. The van der Waals surface area contributed by atoms with Gasteiger partial charge in [-0.15, -0.1) is 6.42 Å². The highest BCUT2D eigenvalue weighted by Crippen LogP contribution is 2.33. The van der Waals surface area contributed by atoms with Crippen LogP contribution < -0.4 is 25.5 Å². The highest BCUT2D eigenvalue weighted by Gasteiger charge is 2.32. The van der Waals surface area contributed by atoms with Crippen molar-refractivity contribution in [2.45, 2.75) is 19.9 Å². The van der Waals surface area contributed by atoms with E-state index in [9.17, 15) is 9.59 Å². The van der Waals surface area contributed by atoms with E-state index in [0.717, 1.165) is 0 Å². The molecule has 0 saturated heterocycles. The number of esters is 1. The zero-order valence-corrected chi connectivity index (χ0v) is 20.7. The average molecular weight is 507 g/mol. The Hall–Kier alpha value is -4.36. The number of rotatable bonds is 10. The maximum absolute atomic E-state index is 12.7. The summed E-state index contributed by atoms with van der Waals surface area (Å²) in [4.78, 5) is 25.0. The molecule has 186 valence electrons. The molecule has 3 N–H and O–H groups in total. The standard InChI is InChI=1S/C26H26N4O5S/c1-4-14-34-20-12-8-6-10-18(20)15-27-30-22(31)16-35-21-13-9-7-11-19(21)24-23(25(32)33-5-2)17(3)28-26(36)29-24/h1,6-13,15,24H,5,14,16H2,2-3H3,(H,30,31)(H2,28,29,36)/t24-/m1/s1. The maximum Gasteiger partial charge on any atom is 0.338 e. The van der Waals surface area contributed by atoms with Crippen LogP contribution in [0.15, 0.2) is 64.9 Å². The number of para-hydroxylation sites is 2.